The Kier molecular flexibility index (Phi) is 3.38. The fraction of sp³-hybridized carbons (Fsp3) is 0.150. The maximum Gasteiger partial charge on any atom is 0.212 e. The lowest BCUT2D eigenvalue weighted by atomic mass is 10.1. The number of thioether (sulfide) groups is 1. The van der Waals surface area contributed by atoms with Gasteiger partial charge in [-0.1, -0.05) is 30.0 Å². The third kappa shape index (κ3) is 2.41. The van der Waals surface area contributed by atoms with Crippen LogP contribution in [0.2, 0.25) is 0 Å². The Balaban J connectivity index is 1.82. The summed E-state index contributed by atoms with van der Waals surface area (Å²) in [6.45, 7) is 2.15. The Bertz CT molecular complexity index is 944. The molecule has 0 atom stereocenters. The van der Waals surface area contributed by atoms with Crippen molar-refractivity contribution in [2.24, 2.45) is 7.05 Å². The predicted molar refractivity (Wildman–Crippen MR) is 98.5 cm³/mol. The van der Waals surface area contributed by atoms with Gasteiger partial charge >= 0.3 is 0 Å². The van der Waals surface area contributed by atoms with Crippen LogP contribution in [-0.4, -0.2) is 7.05 Å². The van der Waals surface area contributed by atoms with Crippen molar-refractivity contribution in [1.29, 1.82) is 0 Å². The van der Waals surface area contributed by atoms with Crippen molar-refractivity contribution in [1.82, 2.24) is 0 Å². The van der Waals surface area contributed by atoms with Crippen molar-refractivity contribution in [3.05, 3.63) is 70.9 Å². The summed E-state index contributed by atoms with van der Waals surface area (Å²) in [6.07, 6.45) is 4.42. The summed E-state index contributed by atoms with van der Waals surface area (Å²) in [4.78, 5) is 3.62. The molecule has 0 saturated heterocycles. The first-order chi connectivity index (χ1) is 11.1. The number of pyridine rings is 1. The van der Waals surface area contributed by atoms with Gasteiger partial charge in [-0.15, -0.1) is 0 Å². The molecule has 1 aliphatic heterocycles. The van der Waals surface area contributed by atoms with E-state index in [0.717, 1.165) is 0 Å². The molecule has 23 heavy (non-hydrogen) atoms. The van der Waals surface area contributed by atoms with Gasteiger partial charge in [-0.3, -0.25) is 0 Å². The van der Waals surface area contributed by atoms with Crippen LogP contribution < -0.4 is 9.47 Å². The fourth-order valence-corrected chi connectivity index (χ4v) is 4.25. The minimum atomic E-state index is 1.25. The molecule has 2 aromatic carbocycles. The van der Waals surface area contributed by atoms with Gasteiger partial charge in [0.15, 0.2) is 6.20 Å². The van der Waals surface area contributed by atoms with Gasteiger partial charge in [0.2, 0.25) is 5.52 Å². The molecule has 0 N–H and O–H groups in total. The summed E-state index contributed by atoms with van der Waals surface area (Å²) in [7, 11) is 4.24. The molecule has 0 bridgehead atoms. The summed E-state index contributed by atoms with van der Waals surface area (Å²) >= 11 is 1.85. The van der Waals surface area contributed by atoms with Crippen molar-refractivity contribution in [3.63, 3.8) is 0 Å². The van der Waals surface area contributed by atoms with Gasteiger partial charge in [-0.25, -0.2) is 4.57 Å². The second-order valence-electron chi connectivity index (χ2n) is 6.01. The van der Waals surface area contributed by atoms with Gasteiger partial charge in [0.05, 0.1) is 16.1 Å². The average Bonchev–Trinajstić information content (AvgIpc) is 2.86. The first-order valence-corrected chi connectivity index (χ1v) is 8.56. The molecular formula is C20H19N2S+. The Morgan fingerprint density at radius 3 is 2.78 bits per heavy atom. The van der Waals surface area contributed by atoms with E-state index < -0.39 is 0 Å². The Labute approximate surface area is 141 Å². The Morgan fingerprint density at radius 2 is 1.91 bits per heavy atom. The minimum absolute atomic E-state index is 1.25. The van der Waals surface area contributed by atoms with E-state index in [1.54, 1.807) is 0 Å². The molecule has 0 aliphatic carbocycles. The molecule has 0 radical (unpaired) electrons. The average molecular weight is 319 g/mol. The number of rotatable bonds is 1. The lowest BCUT2D eigenvalue weighted by Crippen LogP contribution is -2.28. The Hall–Kier alpha value is -2.26. The molecule has 1 aromatic heterocycles. The molecule has 2 nitrogen and oxygen atoms in total. The molecule has 0 spiro atoms. The van der Waals surface area contributed by atoms with Crippen LogP contribution in [-0.2, 0) is 7.05 Å². The van der Waals surface area contributed by atoms with Crippen molar-refractivity contribution in [2.75, 3.05) is 11.9 Å². The SMILES string of the molecule is Cc1ccc2c(c1)S/C(=C\c1cc[n+](C)c3ccccc13)N2C. The van der Waals surface area contributed by atoms with E-state index in [4.69, 9.17) is 0 Å². The number of aryl methyl sites for hydroxylation is 2. The van der Waals surface area contributed by atoms with Gasteiger partial charge in [0.25, 0.3) is 0 Å². The third-order valence-electron chi connectivity index (χ3n) is 4.37. The normalized spacial score (nSPS) is 15.4. The number of hydrogen-bond donors (Lipinski definition) is 0. The molecular weight excluding hydrogens is 300 g/mol. The van der Waals surface area contributed by atoms with E-state index in [1.807, 2.05) is 11.8 Å². The summed E-state index contributed by atoms with van der Waals surface area (Å²) in [5.74, 6) is 0. The highest BCUT2D eigenvalue weighted by atomic mass is 32.2. The number of para-hydroxylation sites is 1. The number of nitrogens with zero attached hydrogens (tertiary/aromatic N) is 2. The highest BCUT2D eigenvalue weighted by molar-refractivity contribution is 8.03. The van der Waals surface area contributed by atoms with Crippen molar-refractivity contribution in [2.45, 2.75) is 11.8 Å². The van der Waals surface area contributed by atoms with Gasteiger partial charge in [-0.05, 0) is 42.3 Å². The highest BCUT2D eigenvalue weighted by Gasteiger charge is 2.22. The summed E-state index contributed by atoms with van der Waals surface area (Å²) < 4.78 is 2.17. The van der Waals surface area contributed by atoms with Crippen molar-refractivity contribution in [3.8, 4) is 0 Å². The topological polar surface area (TPSA) is 7.12 Å². The molecule has 3 aromatic rings. The van der Waals surface area contributed by atoms with Crippen molar-refractivity contribution >= 4 is 34.4 Å². The van der Waals surface area contributed by atoms with Crippen LogP contribution in [0, 0.1) is 6.92 Å². The van der Waals surface area contributed by atoms with Crippen LogP contribution >= 0.6 is 11.8 Å². The molecule has 4 rings (SSSR count). The van der Waals surface area contributed by atoms with Crippen LogP contribution in [0.1, 0.15) is 11.1 Å². The smallest absolute Gasteiger partial charge is 0.212 e. The van der Waals surface area contributed by atoms with Gasteiger partial charge in [0, 0.05) is 24.1 Å². The van der Waals surface area contributed by atoms with E-state index >= 15 is 0 Å². The maximum atomic E-state index is 2.29. The largest absolute Gasteiger partial charge is 0.338 e. The predicted octanol–water partition coefficient (Wildman–Crippen LogP) is 4.51. The highest BCUT2D eigenvalue weighted by Crippen LogP contribution is 2.46. The maximum absolute atomic E-state index is 2.29. The number of benzene rings is 2. The number of aromatic nitrogens is 1. The van der Waals surface area contributed by atoms with E-state index in [1.165, 1.54) is 37.6 Å². The van der Waals surface area contributed by atoms with E-state index in [-0.39, 0.29) is 0 Å². The number of fused-ring (bicyclic) bond motifs is 2. The zero-order valence-electron chi connectivity index (χ0n) is 13.6. The van der Waals surface area contributed by atoms with E-state index in [2.05, 4.69) is 91.3 Å². The van der Waals surface area contributed by atoms with Gasteiger partial charge < -0.3 is 4.90 Å². The summed E-state index contributed by atoms with van der Waals surface area (Å²) in [6, 6.07) is 17.4. The van der Waals surface area contributed by atoms with Crippen molar-refractivity contribution < 1.29 is 4.57 Å². The van der Waals surface area contributed by atoms with Crippen LogP contribution in [0.25, 0.3) is 17.0 Å². The summed E-state index contributed by atoms with van der Waals surface area (Å²) in [5, 5.41) is 2.55. The quantitative estimate of drug-likeness (QED) is 0.609. The monoisotopic (exact) mass is 319 g/mol. The fourth-order valence-electron chi connectivity index (χ4n) is 3.05. The molecule has 2 heterocycles. The zero-order valence-corrected chi connectivity index (χ0v) is 14.4. The number of anilines is 1. The van der Waals surface area contributed by atoms with E-state index in [0.29, 0.717) is 0 Å². The van der Waals surface area contributed by atoms with Crippen LogP contribution in [0.4, 0.5) is 5.69 Å². The van der Waals surface area contributed by atoms with E-state index in [9.17, 15) is 0 Å². The standard InChI is InChI=1S/C20H19N2S/c1-14-8-9-18-19(12-14)23-20(22(18)3)13-15-10-11-21(2)17-7-5-4-6-16(15)17/h4-13H,1-3H3/q+1. The zero-order chi connectivity index (χ0) is 16.0. The first-order valence-electron chi connectivity index (χ1n) is 7.75. The Morgan fingerprint density at radius 1 is 1.09 bits per heavy atom. The van der Waals surface area contributed by atoms with Crippen LogP contribution in [0.5, 0.6) is 0 Å². The minimum Gasteiger partial charge on any atom is -0.338 e. The summed E-state index contributed by atoms with van der Waals surface area (Å²) in [5.41, 5.74) is 5.11. The van der Waals surface area contributed by atoms with Crippen LogP contribution in [0.3, 0.4) is 0 Å². The number of hydrogen-bond acceptors (Lipinski definition) is 2. The molecule has 0 amide bonds. The molecule has 1 aliphatic rings. The first kappa shape index (κ1) is 14.3. The third-order valence-corrected chi connectivity index (χ3v) is 5.52. The van der Waals surface area contributed by atoms with Crippen LogP contribution in [0.15, 0.2) is 64.7 Å². The molecule has 114 valence electrons. The molecule has 3 heteroatoms. The second-order valence-corrected chi connectivity index (χ2v) is 7.08. The second kappa shape index (κ2) is 5.43. The lowest BCUT2D eigenvalue weighted by Gasteiger charge is -2.13. The van der Waals surface area contributed by atoms with Gasteiger partial charge in [0.1, 0.15) is 7.05 Å². The molecule has 0 unspecified atom stereocenters. The molecule has 0 saturated carbocycles. The molecule has 0 fully saturated rings. The van der Waals surface area contributed by atoms with Gasteiger partial charge in [-0.2, -0.15) is 0 Å². The lowest BCUT2D eigenvalue weighted by molar-refractivity contribution is -0.644.